The molecule has 27 heavy (non-hydrogen) atoms. The molecule has 0 heterocycles. The number of hydrogen-bond acceptors (Lipinski definition) is 0. The van der Waals surface area contributed by atoms with Crippen molar-refractivity contribution in [3.05, 3.63) is 100 Å². The van der Waals surface area contributed by atoms with Crippen LogP contribution in [0.2, 0.25) is 0 Å². The van der Waals surface area contributed by atoms with Crippen LogP contribution in [0.4, 0.5) is 0 Å². The first-order valence-electron chi connectivity index (χ1n) is 10.2. The zero-order valence-electron chi connectivity index (χ0n) is 17.3. The van der Waals surface area contributed by atoms with Gasteiger partial charge in [-0.15, -0.1) is 0 Å². The molecule has 0 N–H and O–H groups in total. The first-order chi connectivity index (χ1) is 12.9. The molecule has 0 bridgehead atoms. The average molecular weight is 355 g/mol. The molecule has 1 atom stereocenters. The van der Waals surface area contributed by atoms with Gasteiger partial charge < -0.3 is 0 Å². The van der Waals surface area contributed by atoms with E-state index in [0.717, 1.165) is 12.8 Å². The molecule has 0 aliphatic heterocycles. The van der Waals surface area contributed by atoms with Crippen molar-refractivity contribution in [1.29, 1.82) is 0 Å². The van der Waals surface area contributed by atoms with Gasteiger partial charge in [-0.05, 0) is 53.7 Å². The summed E-state index contributed by atoms with van der Waals surface area (Å²) in [5.41, 5.74) is 11.4. The zero-order chi connectivity index (χ0) is 19.4. The van der Waals surface area contributed by atoms with E-state index >= 15 is 0 Å². The molecular weight excluding hydrogens is 324 g/mol. The van der Waals surface area contributed by atoms with Crippen molar-refractivity contribution < 1.29 is 0 Å². The highest BCUT2D eigenvalue weighted by atomic mass is 14.5. The number of allylic oxidation sites excluding steroid dienone is 5. The van der Waals surface area contributed by atoms with E-state index < -0.39 is 0 Å². The second-order valence-corrected chi connectivity index (χ2v) is 8.56. The third-order valence-corrected chi connectivity index (χ3v) is 7.16. The average Bonchev–Trinajstić information content (AvgIpc) is 2.96. The van der Waals surface area contributed by atoms with E-state index in [9.17, 15) is 0 Å². The molecule has 1 spiro atoms. The van der Waals surface area contributed by atoms with Crippen LogP contribution < -0.4 is 0 Å². The molecule has 2 aliphatic carbocycles. The fourth-order valence-corrected chi connectivity index (χ4v) is 5.59. The lowest BCUT2D eigenvalue weighted by Crippen LogP contribution is -2.40. The van der Waals surface area contributed by atoms with Gasteiger partial charge in [-0.2, -0.15) is 0 Å². The van der Waals surface area contributed by atoms with E-state index in [1.54, 1.807) is 0 Å². The number of hydrogen-bond donors (Lipinski definition) is 0. The monoisotopic (exact) mass is 354 g/mol. The highest BCUT2D eigenvalue weighted by molar-refractivity contribution is 5.88. The Morgan fingerprint density at radius 1 is 0.852 bits per heavy atom. The number of benzene rings is 2. The maximum absolute atomic E-state index is 4.30. The smallest absolute Gasteiger partial charge is 0.0673 e. The summed E-state index contributed by atoms with van der Waals surface area (Å²) in [5, 5.41) is 0. The van der Waals surface area contributed by atoms with Crippen molar-refractivity contribution in [3.8, 4) is 0 Å². The maximum atomic E-state index is 4.30. The van der Waals surface area contributed by atoms with Crippen LogP contribution in [0.25, 0.3) is 5.57 Å². The largest absolute Gasteiger partial charge is 0.0987 e. The summed E-state index contributed by atoms with van der Waals surface area (Å²) in [6, 6.07) is 18.1. The summed E-state index contributed by atoms with van der Waals surface area (Å²) in [6.45, 7) is 16.0. The Morgan fingerprint density at radius 2 is 1.44 bits per heavy atom. The summed E-state index contributed by atoms with van der Waals surface area (Å²) >= 11 is 0. The van der Waals surface area contributed by atoms with Crippen molar-refractivity contribution in [1.82, 2.24) is 0 Å². The van der Waals surface area contributed by atoms with Gasteiger partial charge in [0.15, 0.2) is 0 Å². The molecule has 0 radical (unpaired) electrons. The van der Waals surface area contributed by atoms with Crippen LogP contribution in [0.15, 0.2) is 77.9 Å². The first-order valence-corrected chi connectivity index (χ1v) is 10.2. The fraction of sp³-hybridized carbons (Fsp3) is 0.333. The van der Waals surface area contributed by atoms with E-state index in [1.807, 2.05) is 0 Å². The molecule has 2 aromatic carbocycles. The Balaban J connectivity index is 2.22. The predicted molar refractivity (Wildman–Crippen MR) is 117 cm³/mol. The van der Waals surface area contributed by atoms with Crippen LogP contribution in [0.5, 0.6) is 0 Å². The van der Waals surface area contributed by atoms with E-state index in [0.29, 0.717) is 0 Å². The van der Waals surface area contributed by atoms with E-state index in [1.165, 1.54) is 44.5 Å². The molecule has 0 saturated carbocycles. The van der Waals surface area contributed by atoms with Crippen molar-refractivity contribution >= 4 is 5.57 Å². The lowest BCUT2D eigenvalue weighted by molar-refractivity contribution is 0.543. The van der Waals surface area contributed by atoms with Gasteiger partial charge in [0.25, 0.3) is 0 Å². The minimum Gasteiger partial charge on any atom is -0.0987 e. The predicted octanol–water partition coefficient (Wildman–Crippen LogP) is 7.35. The molecule has 0 amide bonds. The Morgan fingerprint density at radius 3 is 2.07 bits per heavy atom. The molecule has 138 valence electrons. The van der Waals surface area contributed by atoms with Crippen molar-refractivity contribution in [2.24, 2.45) is 0 Å². The second-order valence-electron chi connectivity index (χ2n) is 8.56. The Bertz CT molecular complexity index is 996. The van der Waals surface area contributed by atoms with Crippen LogP contribution in [-0.2, 0) is 10.8 Å². The second kappa shape index (κ2) is 6.09. The van der Waals surface area contributed by atoms with Crippen molar-refractivity contribution in [2.75, 3.05) is 0 Å². The Labute approximate surface area is 164 Å². The van der Waals surface area contributed by atoms with Gasteiger partial charge in [0.2, 0.25) is 0 Å². The molecule has 2 aromatic rings. The summed E-state index contributed by atoms with van der Waals surface area (Å²) in [7, 11) is 0. The third kappa shape index (κ3) is 2.10. The van der Waals surface area contributed by atoms with Crippen LogP contribution >= 0.6 is 0 Å². The topological polar surface area (TPSA) is 0 Å². The summed E-state index contributed by atoms with van der Waals surface area (Å²) in [6.07, 6.45) is 4.38. The van der Waals surface area contributed by atoms with Gasteiger partial charge in [-0.3, -0.25) is 0 Å². The summed E-state index contributed by atoms with van der Waals surface area (Å²) in [4.78, 5) is 0. The lowest BCUT2D eigenvalue weighted by Gasteiger charge is -2.47. The highest BCUT2D eigenvalue weighted by Gasteiger charge is 2.52. The van der Waals surface area contributed by atoms with Gasteiger partial charge in [-0.25, -0.2) is 0 Å². The van der Waals surface area contributed by atoms with Crippen molar-refractivity contribution in [3.63, 3.8) is 0 Å². The van der Waals surface area contributed by atoms with Gasteiger partial charge in [0.1, 0.15) is 0 Å². The van der Waals surface area contributed by atoms with E-state index in [2.05, 4.69) is 95.8 Å². The molecule has 0 fully saturated rings. The normalized spacial score (nSPS) is 22.9. The summed E-state index contributed by atoms with van der Waals surface area (Å²) in [5.74, 6) is 0. The first kappa shape index (κ1) is 18.0. The van der Waals surface area contributed by atoms with E-state index in [-0.39, 0.29) is 10.8 Å². The maximum Gasteiger partial charge on any atom is 0.0673 e. The standard InChI is InChI=1S/C27H30/c1-7-13-20-21-14-9-10-15-23(21)27(22(20)8-2)19(4)18(3)26(5,6)24-16-11-12-17-25(24)27/h8-12,14-17H,2,7,13H2,1,3-6H3. The molecule has 0 saturated heterocycles. The zero-order valence-corrected chi connectivity index (χ0v) is 17.3. The highest BCUT2D eigenvalue weighted by Crippen LogP contribution is 2.61. The van der Waals surface area contributed by atoms with Gasteiger partial charge >= 0.3 is 0 Å². The SMILES string of the molecule is C=CC1=C(CCC)c2ccccc2C12C(C)=C(C)C(C)(C)c1ccccc12. The quantitative estimate of drug-likeness (QED) is 0.505. The fourth-order valence-electron chi connectivity index (χ4n) is 5.59. The van der Waals surface area contributed by atoms with Crippen LogP contribution in [-0.4, -0.2) is 0 Å². The Kier molecular flexibility index (Phi) is 4.07. The van der Waals surface area contributed by atoms with Gasteiger partial charge in [-0.1, -0.05) is 99.5 Å². The Hall–Kier alpha value is -2.34. The lowest BCUT2D eigenvalue weighted by atomic mass is 9.55. The van der Waals surface area contributed by atoms with Gasteiger partial charge in [0.05, 0.1) is 5.41 Å². The number of fused-ring (bicyclic) bond motifs is 4. The minimum atomic E-state index is -0.195. The minimum absolute atomic E-state index is 0.0423. The van der Waals surface area contributed by atoms with Crippen molar-refractivity contribution in [2.45, 2.75) is 58.3 Å². The molecule has 2 aliphatic rings. The van der Waals surface area contributed by atoms with Crippen LogP contribution in [0.1, 0.15) is 69.7 Å². The van der Waals surface area contributed by atoms with E-state index in [4.69, 9.17) is 0 Å². The molecule has 0 heteroatoms. The molecule has 0 aromatic heterocycles. The molecule has 0 nitrogen and oxygen atoms in total. The molecule has 4 rings (SSSR count). The van der Waals surface area contributed by atoms with Crippen LogP contribution in [0.3, 0.4) is 0 Å². The third-order valence-electron chi connectivity index (χ3n) is 7.16. The number of rotatable bonds is 3. The summed E-state index contributed by atoms with van der Waals surface area (Å²) < 4.78 is 0. The molecule has 1 unspecified atom stereocenters. The molecular formula is C27H30. The van der Waals surface area contributed by atoms with Gasteiger partial charge in [0, 0.05) is 5.41 Å². The van der Waals surface area contributed by atoms with Crippen LogP contribution in [0, 0.1) is 0 Å².